The Balaban J connectivity index is 2.07. The molecule has 0 bridgehead atoms. The van der Waals surface area contributed by atoms with Crippen molar-refractivity contribution in [3.63, 3.8) is 0 Å². The topological polar surface area (TPSA) is 28.2 Å². The van der Waals surface area contributed by atoms with Crippen molar-refractivity contribution < 1.29 is 0 Å². The van der Waals surface area contributed by atoms with E-state index in [4.69, 9.17) is 11.6 Å². The number of nitrogens with zero attached hydrogens (tertiary/aromatic N) is 2. The third-order valence-electron chi connectivity index (χ3n) is 3.16. The maximum absolute atomic E-state index is 6.17. The Morgan fingerprint density at radius 2 is 2.11 bits per heavy atom. The summed E-state index contributed by atoms with van der Waals surface area (Å²) in [5.74, 6) is 0. The summed E-state index contributed by atoms with van der Waals surface area (Å²) in [4.78, 5) is 6.98. The molecule has 104 valence electrons. The average molecular weight is 298 g/mol. The van der Waals surface area contributed by atoms with Crippen LogP contribution < -0.4 is 5.32 Å². The van der Waals surface area contributed by atoms with Gasteiger partial charge in [-0.25, -0.2) is 4.98 Å². The summed E-state index contributed by atoms with van der Waals surface area (Å²) in [6, 6.07) is 6.22. The normalized spacial score (nSPS) is 13.1. The lowest BCUT2D eigenvalue weighted by atomic mass is 10.3. The highest BCUT2D eigenvalue weighted by Crippen LogP contribution is 2.31. The van der Waals surface area contributed by atoms with Crippen molar-refractivity contribution in [2.24, 2.45) is 0 Å². The molecule has 1 aromatic carbocycles. The van der Waals surface area contributed by atoms with Gasteiger partial charge >= 0.3 is 0 Å². The van der Waals surface area contributed by atoms with Gasteiger partial charge in [0.05, 0.1) is 15.2 Å². The van der Waals surface area contributed by atoms with Crippen LogP contribution in [0.1, 0.15) is 20.8 Å². The summed E-state index contributed by atoms with van der Waals surface area (Å²) in [5.41, 5.74) is 0.968. The van der Waals surface area contributed by atoms with E-state index in [1.54, 1.807) is 11.3 Å². The van der Waals surface area contributed by atoms with E-state index in [0.29, 0.717) is 6.04 Å². The van der Waals surface area contributed by atoms with Crippen LogP contribution in [-0.4, -0.2) is 35.6 Å². The molecule has 0 saturated carbocycles. The number of aromatic nitrogens is 1. The molecule has 0 aliphatic rings. The molecule has 1 N–H and O–H groups in total. The molecular weight excluding hydrogens is 278 g/mol. The molecule has 19 heavy (non-hydrogen) atoms. The molecule has 0 radical (unpaired) electrons. The second kappa shape index (κ2) is 6.55. The Hall–Kier alpha value is -0.840. The van der Waals surface area contributed by atoms with Crippen LogP contribution >= 0.6 is 22.9 Å². The molecule has 1 heterocycles. The van der Waals surface area contributed by atoms with Crippen molar-refractivity contribution >= 4 is 38.3 Å². The van der Waals surface area contributed by atoms with Crippen molar-refractivity contribution in [2.45, 2.75) is 26.8 Å². The Labute approximate surface area is 123 Å². The molecule has 0 amide bonds. The predicted octanol–water partition coefficient (Wildman–Crippen LogP) is 4.09. The number of benzene rings is 1. The molecule has 0 spiro atoms. The monoisotopic (exact) mass is 297 g/mol. The van der Waals surface area contributed by atoms with Gasteiger partial charge in [0.2, 0.25) is 0 Å². The van der Waals surface area contributed by atoms with Gasteiger partial charge < -0.3 is 10.2 Å². The van der Waals surface area contributed by atoms with Crippen LogP contribution in [0.15, 0.2) is 18.2 Å². The molecule has 0 fully saturated rings. The fraction of sp³-hybridized carbons (Fsp3) is 0.500. The van der Waals surface area contributed by atoms with Gasteiger partial charge in [0.25, 0.3) is 0 Å². The van der Waals surface area contributed by atoms with Crippen LogP contribution in [0.2, 0.25) is 5.02 Å². The number of thiazole rings is 1. The first kappa shape index (κ1) is 14.6. The molecule has 2 rings (SSSR count). The Kier molecular flexibility index (Phi) is 5.02. The van der Waals surface area contributed by atoms with E-state index in [2.05, 4.69) is 36.0 Å². The quantitative estimate of drug-likeness (QED) is 0.870. The number of fused-ring (bicyclic) bond motifs is 1. The van der Waals surface area contributed by atoms with Gasteiger partial charge in [-0.15, -0.1) is 0 Å². The standard InChI is InChI=1S/C14H20ClN3S/c1-4-18(5-2)9-10(3)16-14-17-12-8-6-7-11(15)13(12)19-14/h6-8,10H,4-5,9H2,1-3H3,(H,16,17). The second-order valence-electron chi connectivity index (χ2n) is 4.64. The lowest BCUT2D eigenvalue weighted by Crippen LogP contribution is -2.34. The van der Waals surface area contributed by atoms with Crippen LogP contribution in [0.3, 0.4) is 0 Å². The maximum atomic E-state index is 6.17. The Bertz CT molecular complexity index is 536. The number of hydrogen-bond acceptors (Lipinski definition) is 4. The van der Waals surface area contributed by atoms with Crippen molar-refractivity contribution in [2.75, 3.05) is 25.0 Å². The van der Waals surface area contributed by atoms with E-state index in [1.165, 1.54) is 0 Å². The summed E-state index contributed by atoms with van der Waals surface area (Å²) in [6.07, 6.45) is 0. The Morgan fingerprint density at radius 1 is 1.37 bits per heavy atom. The molecule has 0 saturated heterocycles. The van der Waals surface area contributed by atoms with E-state index in [0.717, 1.165) is 40.0 Å². The molecule has 1 atom stereocenters. The van der Waals surface area contributed by atoms with E-state index in [9.17, 15) is 0 Å². The molecule has 1 unspecified atom stereocenters. The van der Waals surface area contributed by atoms with Crippen LogP contribution in [0.4, 0.5) is 5.13 Å². The van der Waals surface area contributed by atoms with Gasteiger partial charge in [-0.1, -0.05) is 42.9 Å². The van der Waals surface area contributed by atoms with Gasteiger partial charge in [-0.2, -0.15) is 0 Å². The van der Waals surface area contributed by atoms with Crippen LogP contribution in [-0.2, 0) is 0 Å². The minimum absolute atomic E-state index is 0.374. The SMILES string of the molecule is CCN(CC)CC(C)Nc1nc2cccc(Cl)c2s1. The number of rotatable bonds is 6. The summed E-state index contributed by atoms with van der Waals surface area (Å²) in [6.45, 7) is 9.74. The highest BCUT2D eigenvalue weighted by atomic mass is 35.5. The summed E-state index contributed by atoms with van der Waals surface area (Å²) in [7, 11) is 0. The second-order valence-corrected chi connectivity index (χ2v) is 6.04. The van der Waals surface area contributed by atoms with Crippen LogP contribution in [0, 0.1) is 0 Å². The van der Waals surface area contributed by atoms with Crippen molar-refractivity contribution in [3.8, 4) is 0 Å². The Morgan fingerprint density at radius 3 is 2.74 bits per heavy atom. The fourth-order valence-electron chi connectivity index (χ4n) is 2.10. The van der Waals surface area contributed by atoms with Crippen LogP contribution in [0.5, 0.6) is 0 Å². The predicted molar refractivity (Wildman–Crippen MR) is 85.5 cm³/mol. The van der Waals surface area contributed by atoms with Gasteiger partial charge in [-0.05, 0) is 32.1 Å². The molecule has 0 aliphatic heterocycles. The average Bonchev–Trinajstić information content (AvgIpc) is 2.79. The smallest absolute Gasteiger partial charge is 0.184 e. The molecule has 1 aromatic heterocycles. The van der Waals surface area contributed by atoms with Gasteiger partial charge in [-0.3, -0.25) is 0 Å². The first-order chi connectivity index (χ1) is 9.13. The largest absolute Gasteiger partial charge is 0.358 e. The van der Waals surface area contributed by atoms with E-state index >= 15 is 0 Å². The lowest BCUT2D eigenvalue weighted by molar-refractivity contribution is 0.295. The molecule has 2 aromatic rings. The molecule has 3 nitrogen and oxygen atoms in total. The number of anilines is 1. The number of hydrogen-bond donors (Lipinski definition) is 1. The third kappa shape index (κ3) is 3.59. The summed E-state index contributed by atoms with van der Waals surface area (Å²) in [5, 5.41) is 5.19. The third-order valence-corrected chi connectivity index (χ3v) is 4.63. The lowest BCUT2D eigenvalue weighted by Gasteiger charge is -2.23. The van der Waals surface area contributed by atoms with E-state index in [1.807, 2.05) is 18.2 Å². The van der Waals surface area contributed by atoms with Crippen LogP contribution in [0.25, 0.3) is 10.2 Å². The van der Waals surface area contributed by atoms with Gasteiger partial charge in [0.1, 0.15) is 0 Å². The molecular formula is C14H20ClN3S. The zero-order chi connectivity index (χ0) is 13.8. The first-order valence-corrected chi connectivity index (χ1v) is 7.87. The highest BCUT2D eigenvalue weighted by Gasteiger charge is 2.11. The van der Waals surface area contributed by atoms with Crippen molar-refractivity contribution in [1.82, 2.24) is 9.88 Å². The van der Waals surface area contributed by atoms with Crippen molar-refractivity contribution in [1.29, 1.82) is 0 Å². The number of likely N-dealkylation sites (N-methyl/N-ethyl adjacent to an activating group) is 1. The number of halogens is 1. The fourth-order valence-corrected chi connectivity index (χ4v) is 3.37. The summed E-state index contributed by atoms with van der Waals surface area (Å²) < 4.78 is 1.06. The van der Waals surface area contributed by atoms with Crippen molar-refractivity contribution in [3.05, 3.63) is 23.2 Å². The van der Waals surface area contributed by atoms with Gasteiger partial charge in [0, 0.05) is 12.6 Å². The highest BCUT2D eigenvalue weighted by molar-refractivity contribution is 7.22. The maximum Gasteiger partial charge on any atom is 0.184 e. The zero-order valence-electron chi connectivity index (χ0n) is 11.6. The van der Waals surface area contributed by atoms with E-state index < -0.39 is 0 Å². The minimum atomic E-state index is 0.374. The molecule has 5 heteroatoms. The zero-order valence-corrected chi connectivity index (χ0v) is 13.2. The van der Waals surface area contributed by atoms with Gasteiger partial charge in [0.15, 0.2) is 5.13 Å². The minimum Gasteiger partial charge on any atom is -0.358 e. The number of nitrogens with one attached hydrogen (secondary N) is 1. The first-order valence-electron chi connectivity index (χ1n) is 6.68. The van der Waals surface area contributed by atoms with E-state index in [-0.39, 0.29) is 0 Å². The molecule has 0 aliphatic carbocycles. The summed E-state index contributed by atoms with van der Waals surface area (Å²) >= 11 is 7.79.